The van der Waals surface area contributed by atoms with Gasteiger partial charge in [0.2, 0.25) is 0 Å². The Morgan fingerprint density at radius 3 is 2.57 bits per heavy atom. The molecule has 0 aromatic heterocycles. The Morgan fingerprint density at radius 2 is 1.89 bits per heavy atom. The summed E-state index contributed by atoms with van der Waals surface area (Å²) in [7, 11) is 0. The molecule has 0 aliphatic rings. The summed E-state index contributed by atoms with van der Waals surface area (Å²) in [5.74, 6) is -1.08. The normalized spacial score (nSPS) is 10.9. The number of aryl methyl sites for hydroxylation is 1. The maximum absolute atomic E-state index is 12.6. The molecule has 1 N–H and O–H groups in total. The molecule has 8 heteroatoms. The molecule has 3 rings (SSSR count). The Hall–Kier alpha value is -4.09. The van der Waals surface area contributed by atoms with Crippen LogP contribution in [0.4, 0.5) is 5.69 Å². The van der Waals surface area contributed by atoms with Crippen molar-refractivity contribution in [2.75, 3.05) is 11.9 Å². The van der Waals surface area contributed by atoms with Gasteiger partial charge in [-0.15, -0.1) is 0 Å². The van der Waals surface area contributed by atoms with E-state index in [0.29, 0.717) is 34.7 Å². The zero-order valence-electron chi connectivity index (χ0n) is 19.1. The second-order valence-corrected chi connectivity index (χ2v) is 8.39. The third-order valence-electron chi connectivity index (χ3n) is 4.83. The van der Waals surface area contributed by atoms with Gasteiger partial charge in [0, 0.05) is 5.69 Å². The van der Waals surface area contributed by atoms with Crippen LogP contribution in [-0.2, 0) is 11.4 Å². The van der Waals surface area contributed by atoms with Crippen molar-refractivity contribution in [1.29, 1.82) is 5.26 Å². The lowest BCUT2D eigenvalue weighted by Gasteiger charge is -2.15. The summed E-state index contributed by atoms with van der Waals surface area (Å²) in [6.45, 7) is 4.58. The molecule has 0 saturated carbocycles. The van der Waals surface area contributed by atoms with E-state index in [-0.39, 0.29) is 16.8 Å². The number of carbonyl (C=O) groups is 2. The second kappa shape index (κ2) is 11.9. The molecule has 0 fully saturated rings. The molecule has 0 radical (unpaired) electrons. The van der Waals surface area contributed by atoms with Gasteiger partial charge in [-0.25, -0.2) is 0 Å². The summed E-state index contributed by atoms with van der Waals surface area (Å²) in [5.41, 5.74) is 2.65. The van der Waals surface area contributed by atoms with E-state index in [9.17, 15) is 20.0 Å². The fourth-order valence-electron chi connectivity index (χ4n) is 3.27. The van der Waals surface area contributed by atoms with E-state index in [1.807, 2.05) is 44.2 Å². The minimum atomic E-state index is -1.37. The highest BCUT2D eigenvalue weighted by Crippen LogP contribution is 2.38. The van der Waals surface area contributed by atoms with Crippen molar-refractivity contribution >= 4 is 39.6 Å². The molecule has 0 heterocycles. The molecule has 0 spiro atoms. The summed E-state index contributed by atoms with van der Waals surface area (Å²) in [5, 5.41) is 23.1. The van der Waals surface area contributed by atoms with Crippen molar-refractivity contribution in [2.45, 2.75) is 20.5 Å². The number of carboxylic acids is 1. The molecule has 7 nitrogen and oxygen atoms in total. The fourth-order valence-corrected chi connectivity index (χ4v) is 3.84. The average molecular weight is 534 g/mol. The monoisotopic (exact) mass is 533 g/mol. The lowest BCUT2D eigenvalue weighted by molar-refractivity contribution is -0.255. The molecule has 0 saturated heterocycles. The Balaban J connectivity index is 1.85. The number of nitrogens with zero attached hydrogens (tertiary/aromatic N) is 1. The van der Waals surface area contributed by atoms with Gasteiger partial charge in [0.05, 0.1) is 17.0 Å². The van der Waals surface area contributed by atoms with E-state index in [2.05, 4.69) is 21.2 Å². The van der Waals surface area contributed by atoms with Crippen LogP contribution in [0.3, 0.4) is 0 Å². The van der Waals surface area contributed by atoms with Crippen molar-refractivity contribution in [3.8, 4) is 17.6 Å². The third-order valence-corrected chi connectivity index (χ3v) is 5.42. The van der Waals surface area contributed by atoms with Gasteiger partial charge in [0.1, 0.15) is 18.2 Å². The van der Waals surface area contributed by atoms with E-state index in [4.69, 9.17) is 9.47 Å². The number of halogens is 1. The van der Waals surface area contributed by atoms with E-state index in [1.165, 1.54) is 30.3 Å². The van der Waals surface area contributed by atoms with Crippen LogP contribution >= 0.6 is 15.9 Å². The molecule has 178 valence electrons. The summed E-state index contributed by atoms with van der Waals surface area (Å²) in [4.78, 5) is 23.7. The first-order valence-corrected chi connectivity index (χ1v) is 11.5. The Kier molecular flexibility index (Phi) is 8.65. The molecule has 0 atom stereocenters. The van der Waals surface area contributed by atoms with E-state index in [1.54, 1.807) is 12.1 Å². The van der Waals surface area contributed by atoms with Gasteiger partial charge in [-0.3, -0.25) is 4.79 Å². The van der Waals surface area contributed by atoms with E-state index < -0.39 is 11.9 Å². The van der Waals surface area contributed by atoms with E-state index in [0.717, 1.165) is 11.1 Å². The molecule has 0 aliphatic carbocycles. The Bertz CT molecular complexity index is 1330. The summed E-state index contributed by atoms with van der Waals surface area (Å²) < 4.78 is 12.4. The molecular formula is C27H22BrN2O5-. The third kappa shape index (κ3) is 6.95. The maximum atomic E-state index is 12.6. The van der Waals surface area contributed by atoms with Crippen LogP contribution in [0.1, 0.15) is 34.0 Å². The number of hydrogen-bond donors (Lipinski definition) is 1. The number of amides is 1. The smallest absolute Gasteiger partial charge is 0.266 e. The van der Waals surface area contributed by atoms with Crippen molar-refractivity contribution in [3.05, 3.63) is 93.0 Å². The van der Waals surface area contributed by atoms with Gasteiger partial charge in [0.15, 0.2) is 11.5 Å². The molecule has 3 aromatic rings. The molecule has 35 heavy (non-hydrogen) atoms. The maximum Gasteiger partial charge on any atom is 0.266 e. The van der Waals surface area contributed by atoms with Crippen LogP contribution < -0.4 is 19.9 Å². The van der Waals surface area contributed by atoms with Gasteiger partial charge >= 0.3 is 0 Å². The van der Waals surface area contributed by atoms with Gasteiger partial charge in [-0.05, 0) is 76.8 Å². The first kappa shape index (κ1) is 25.5. The second-order valence-electron chi connectivity index (χ2n) is 7.53. The van der Waals surface area contributed by atoms with Gasteiger partial charge < -0.3 is 24.7 Å². The highest BCUT2D eigenvalue weighted by molar-refractivity contribution is 9.10. The molecule has 0 bridgehead atoms. The van der Waals surface area contributed by atoms with Crippen molar-refractivity contribution < 1.29 is 24.2 Å². The van der Waals surface area contributed by atoms with Crippen LogP contribution in [0, 0.1) is 18.3 Å². The van der Waals surface area contributed by atoms with Gasteiger partial charge in [-0.2, -0.15) is 5.26 Å². The zero-order valence-corrected chi connectivity index (χ0v) is 20.7. The minimum absolute atomic E-state index is 0.0863. The lowest BCUT2D eigenvalue weighted by Crippen LogP contribution is -2.22. The Morgan fingerprint density at radius 1 is 1.11 bits per heavy atom. The summed E-state index contributed by atoms with van der Waals surface area (Å²) in [6.07, 6.45) is 1.41. The number of anilines is 1. The Labute approximate surface area is 211 Å². The largest absolute Gasteiger partial charge is 0.545 e. The highest BCUT2D eigenvalue weighted by Gasteiger charge is 2.15. The molecular weight excluding hydrogens is 512 g/mol. The summed E-state index contributed by atoms with van der Waals surface area (Å²) in [6, 6.07) is 18.8. The summed E-state index contributed by atoms with van der Waals surface area (Å²) >= 11 is 3.50. The van der Waals surface area contributed by atoms with Crippen LogP contribution in [0.25, 0.3) is 6.08 Å². The standard InChI is InChI=1S/C27H23BrN2O5/c1-3-34-24-13-19(12-23(28)25(24)35-16-18-7-4-6-17(2)10-18)11-21(15-29)26(31)30-22-9-5-8-20(14-22)27(32)33/h4-14H,3,16H2,1-2H3,(H,30,31)(H,32,33)/p-1/b21-11+. The highest BCUT2D eigenvalue weighted by atomic mass is 79.9. The first-order valence-electron chi connectivity index (χ1n) is 10.7. The van der Waals surface area contributed by atoms with Crippen molar-refractivity contribution in [2.24, 2.45) is 0 Å². The number of nitriles is 1. The van der Waals surface area contributed by atoms with Gasteiger partial charge in [0.25, 0.3) is 5.91 Å². The number of ether oxygens (including phenoxy) is 2. The number of benzene rings is 3. The lowest BCUT2D eigenvalue weighted by atomic mass is 10.1. The van der Waals surface area contributed by atoms with Crippen molar-refractivity contribution in [3.63, 3.8) is 0 Å². The molecule has 0 aliphatic heterocycles. The van der Waals surface area contributed by atoms with Crippen LogP contribution in [0.15, 0.2) is 70.7 Å². The number of nitrogens with one attached hydrogen (secondary N) is 1. The molecule has 0 unspecified atom stereocenters. The van der Waals surface area contributed by atoms with Crippen LogP contribution in [-0.4, -0.2) is 18.5 Å². The minimum Gasteiger partial charge on any atom is -0.545 e. The first-order chi connectivity index (χ1) is 16.8. The van der Waals surface area contributed by atoms with Crippen molar-refractivity contribution in [1.82, 2.24) is 0 Å². The quantitative estimate of drug-likeness (QED) is 0.316. The zero-order chi connectivity index (χ0) is 25.4. The fraction of sp³-hybridized carbons (Fsp3) is 0.148. The number of rotatable bonds is 9. The molecule has 3 aromatic carbocycles. The predicted molar refractivity (Wildman–Crippen MR) is 134 cm³/mol. The van der Waals surface area contributed by atoms with Crippen LogP contribution in [0.5, 0.6) is 11.5 Å². The molecule has 1 amide bonds. The average Bonchev–Trinajstić information content (AvgIpc) is 2.82. The van der Waals surface area contributed by atoms with Crippen LogP contribution in [0.2, 0.25) is 0 Å². The van der Waals surface area contributed by atoms with Gasteiger partial charge in [-0.1, -0.05) is 42.0 Å². The number of carboxylic acid groups (broad SMARTS) is 1. The SMILES string of the molecule is CCOc1cc(/C=C(\C#N)C(=O)Nc2cccc(C(=O)[O-])c2)cc(Br)c1OCc1cccc(C)c1. The number of carbonyl (C=O) groups excluding carboxylic acids is 2. The predicted octanol–water partition coefficient (Wildman–Crippen LogP) is 4.64. The topological polar surface area (TPSA) is 111 Å². The number of aromatic carboxylic acids is 1. The van der Waals surface area contributed by atoms with E-state index >= 15 is 0 Å². The number of hydrogen-bond acceptors (Lipinski definition) is 6.